The first kappa shape index (κ1) is 6.92. The minimum absolute atomic E-state index is 0.142. The average Bonchev–Trinajstić information content (AvgIpc) is 2.50. The van der Waals surface area contributed by atoms with Crippen LogP contribution < -0.4 is 17.0 Å². The van der Waals surface area contributed by atoms with Crippen LogP contribution in [-0.4, -0.2) is 30.0 Å². The van der Waals surface area contributed by atoms with Crippen LogP contribution >= 0.6 is 0 Å². The Balaban J connectivity index is 2.40. The predicted molar refractivity (Wildman–Crippen MR) is 46.1 cm³/mol. The zero-order valence-electron chi connectivity index (χ0n) is 6.10. The van der Waals surface area contributed by atoms with E-state index in [1.807, 2.05) is 0 Å². The fraction of sp³-hybridized carbons (Fsp3) is 0.200. The van der Waals surface area contributed by atoms with E-state index >= 15 is 0 Å². The summed E-state index contributed by atoms with van der Waals surface area (Å²) in [5, 5.41) is 0. The number of hydrogen-bond acceptors (Lipinski definition) is 7. The molecule has 0 aromatic rings. The van der Waals surface area contributed by atoms with Crippen molar-refractivity contribution in [2.75, 3.05) is 0 Å². The van der Waals surface area contributed by atoms with E-state index < -0.39 is 0 Å². The molecule has 0 saturated heterocycles. The lowest BCUT2D eigenvalue weighted by Gasteiger charge is -2.14. The maximum atomic E-state index is 5.39. The Hall–Kier alpha value is -1.76. The van der Waals surface area contributed by atoms with Gasteiger partial charge in [-0.25, -0.2) is 10.8 Å². The van der Waals surface area contributed by atoms with E-state index in [0.717, 1.165) is 0 Å². The van der Waals surface area contributed by atoms with Crippen molar-refractivity contribution in [2.24, 2.45) is 31.5 Å². The molecule has 0 fully saturated rings. The lowest BCUT2D eigenvalue weighted by atomic mass is 10.2. The van der Waals surface area contributed by atoms with E-state index in [0.29, 0.717) is 11.7 Å². The van der Waals surface area contributed by atoms with Crippen LogP contribution in [-0.2, 0) is 0 Å². The van der Waals surface area contributed by atoms with Gasteiger partial charge < -0.3 is 11.2 Å². The first-order valence-electron chi connectivity index (χ1n) is 3.30. The first-order chi connectivity index (χ1) is 5.81. The van der Waals surface area contributed by atoms with E-state index in [2.05, 4.69) is 25.4 Å². The number of amidine groups is 2. The summed E-state index contributed by atoms with van der Waals surface area (Å²) >= 11 is 0. The zero-order valence-corrected chi connectivity index (χ0v) is 6.10. The highest BCUT2D eigenvalue weighted by atomic mass is 15.3. The number of aliphatic imine (C=N–C) groups is 4. The van der Waals surface area contributed by atoms with Gasteiger partial charge in [0.25, 0.3) is 0 Å². The van der Waals surface area contributed by atoms with Crippen molar-refractivity contribution in [3.05, 3.63) is 0 Å². The molecule has 7 nitrogen and oxygen atoms in total. The van der Waals surface area contributed by atoms with Crippen molar-refractivity contribution >= 4 is 24.0 Å². The third-order valence-corrected chi connectivity index (χ3v) is 1.52. The second-order valence-corrected chi connectivity index (χ2v) is 2.27. The van der Waals surface area contributed by atoms with Gasteiger partial charge in [0.2, 0.25) is 5.96 Å². The van der Waals surface area contributed by atoms with Gasteiger partial charge in [-0.2, -0.15) is 9.98 Å². The Labute approximate surface area is 68.0 Å². The van der Waals surface area contributed by atoms with E-state index in [-0.39, 0.29) is 12.0 Å². The maximum absolute atomic E-state index is 5.39. The highest BCUT2D eigenvalue weighted by Gasteiger charge is 2.27. The normalized spacial score (nSPS) is 25.8. The van der Waals surface area contributed by atoms with Crippen LogP contribution in [0.15, 0.2) is 20.0 Å². The van der Waals surface area contributed by atoms with Gasteiger partial charge in [-0.3, -0.25) is 4.99 Å². The molecule has 0 radical (unpaired) electrons. The van der Waals surface area contributed by atoms with Gasteiger partial charge in [0.15, 0.2) is 17.7 Å². The number of fused-ring (bicyclic) bond motifs is 1. The lowest BCUT2D eigenvalue weighted by molar-refractivity contribution is 0.950. The van der Waals surface area contributed by atoms with Gasteiger partial charge in [-0.05, 0) is 0 Å². The largest absolute Gasteiger partial charge is 0.368 e. The summed E-state index contributed by atoms with van der Waals surface area (Å²) in [4.78, 5) is 15.6. The second-order valence-electron chi connectivity index (χ2n) is 2.27. The molecule has 0 aromatic heterocycles. The standard InChI is InChI=1S/C5H7N7/c6-5-10-3-2(8-1-9-3)4(11-5)12-7/h1-2H,7H2,(H3,6,8,9,10,11,12). The molecule has 2 aliphatic rings. The van der Waals surface area contributed by atoms with E-state index in [1.165, 1.54) is 6.34 Å². The van der Waals surface area contributed by atoms with Crippen molar-refractivity contribution in [1.82, 2.24) is 5.43 Å². The third-order valence-electron chi connectivity index (χ3n) is 1.52. The van der Waals surface area contributed by atoms with Crippen molar-refractivity contribution in [3.8, 4) is 0 Å². The number of rotatable bonds is 0. The van der Waals surface area contributed by atoms with E-state index in [1.54, 1.807) is 0 Å². The van der Waals surface area contributed by atoms with E-state index in [4.69, 9.17) is 11.6 Å². The van der Waals surface area contributed by atoms with Crippen LogP contribution in [0.25, 0.3) is 0 Å². The summed E-state index contributed by atoms with van der Waals surface area (Å²) < 4.78 is 0. The molecular weight excluding hydrogens is 158 g/mol. The number of nitrogens with two attached hydrogens (primary N) is 2. The molecule has 1 unspecified atom stereocenters. The number of guanidine groups is 1. The SMILES string of the molecule is NNC1=NC(N)=NC2=NC=NC21. The van der Waals surface area contributed by atoms with Crippen LogP contribution in [0.2, 0.25) is 0 Å². The molecular formula is C5H7N7. The summed E-state index contributed by atoms with van der Waals surface area (Å²) in [6, 6.07) is -0.303. The van der Waals surface area contributed by atoms with Gasteiger partial charge in [-0.1, -0.05) is 0 Å². The van der Waals surface area contributed by atoms with E-state index in [9.17, 15) is 0 Å². The molecule has 1 atom stereocenters. The van der Waals surface area contributed by atoms with Gasteiger partial charge in [-0.15, -0.1) is 0 Å². The molecule has 12 heavy (non-hydrogen) atoms. The summed E-state index contributed by atoms with van der Waals surface area (Å²) in [5.41, 5.74) is 7.79. The Kier molecular flexibility index (Phi) is 1.37. The number of hydrazine groups is 1. The zero-order chi connectivity index (χ0) is 8.55. The molecule has 5 N–H and O–H groups in total. The van der Waals surface area contributed by atoms with Crippen LogP contribution in [0, 0.1) is 0 Å². The van der Waals surface area contributed by atoms with Gasteiger partial charge in [0.05, 0.1) is 0 Å². The van der Waals surface area contributed by atoms with Gasteiger partial charge in [0.1, 0.15) is 6.34 Å². The smallest absolute Gasteiger partial charge is 0.223 e. The van der Waals surface area contributed by atoms with Gasteiger partial charge in [0, 0.05) is 0 Å². The van der Waals surface area contributed by atoms with Crippen LogP contribution in [0.3, 0.4) is 0 Å². The first-order valence-corrected chi connectivity index (χ1v) is 3.30. The molecule has 0 aromatic carbocycles. The second kappa shape index (κ2) is 2.38. The van der Waals surface area contributed by atoms with Crippen LogP contribution in [0.5, 0.6) is 0 Å². The fourth-order valence-electron chi connectivity index (χ4n) is 1.02. The minimum atomic E-state index is -0.303. The van der Waals surface area contributed by atoms with Crippen LogP contribution in [0.1, 0.15) is 0 Å². The molecule has 7 heteroatoms. The highest BCUT2D eigenvalue weighted by molar-refractivity contribution is 6.22. The van der Waals surface area contributed by atoms with Crippen molar-refractivity contribution in [3.63, 3.8) is 0 Å². The molecule has 0 bridgehead atoms. The Morgan fingerprint density at radius 1 is 1.42 bits per heavy atom. The van der Waals surface area contributed by atoms with Crippen molar-refractivity contribution in [1.29, 1.82) is 0 Å². The Bertz CT molecular complexity index is 323. The topological polar surface area (TPSA) is 114 Å². The molecule has 0 amide bonds. The average molecular weight is 165 g/mol. The Morgan fingerprint density at radius 3 is 3.00 bits per heavy atom. The van der Waals surface area contributed by atoms with Crippen molar-refractivity contribution < 1.29 is 0 Å². The highest BCUT2D eigenvalue weighted by Crippen LogP contribution is 2.08. The minimum Gasteiger partial charge on any atom is -0.368 e. The molecule has 2 heterocycles. The summed E-state index contributed by atoms with van der Waals surface area (Å²) in [6.07, 6.45) is 1.41. The molecule has 2 aliphatic heterocycles. The van der Waals surface area contributed by atoms with Crippen molar-refractivity contribution in [2.45, 2.75) is 6.04 Å². The summed E-state index contributed by atoms with van der Waals surface area (Å²) in [7, 11) is 0. The molecule has 2 rings (SSSR count). The third kappa shape index (κ3) is 0.873. The maximum Gasteiger partial charge on any atom is 0.223 e. The number of hydrogen-bond donors (Lipinski definition) is 3. The monoisotopic (exact) mass is 165 g/mol. The Morgan fingerprint density at radius 2 is 2.25 bits per heavy atom. The quantitative estimate of drug-likeness (QED) is 0.284. The number of nitrogens with zero attached hydrogens (tertiary/aromatic N) is 4. The van der Waals surface area contributed by atoms with Crippen LogP contribution in [0.4, 0.5) is 0 Å². The lowest BCUT2D eigenvalue weighted by Crippen LogP contribution is -2.44. The molecule has 0 aliphatic carbocycles. The molecule has 62 valence electrons. The van der Waals surface area contributed by atoms with Gasteiger partial charge >= 0.3 is 0 Å². The fourth-order valence-corrected chi connectivity index (χ4v) is 1.02. The summed E-state index contributed by atoms with van der Waals surface area (Å²) in [6.45, 7) is 0. The predicted octanol–water partition coefficient (Wildman–Crippen LogP) is -2.01. The summed E-state index contributed by atoms with van der Waals surface area (Å²) in [5.74, 6) is 6.33. The molecule has 0 spiro atoms. The molecule has 0 saturated carbocycles. The number of nitrogens with one attached hydrogen (secondary N) is 1.